The van der Waals surface area contributed by atoms with Gasteiger partial charge in [0, 0.05) is 40.8 Å². The number of unbranched alkanes of at least 4 members (excludes halogenated alkanes) is 5. The Labute approximate surface area is 193 Å². The maximum absolute atomic E-state index is 12.3. The van der Waals surface area contributed by atoms with Crippen LogP contribution in [0.2, 0.25) is 5.02 Å². The first kappa shape index (κ1) is 23.6. The van der Waals surface area contributed by atoms with Gasteiger partial charge in [-0.05, 0) is 55.5 Å². The maximum Gasteiger partial charge on any atom is 0.255 e. The van der Waals surface area contributed by atoms with Gasteiger partial charge in [0.1, 0.15) is 0 Å². The summed E-state index contributed by atoms with van der Waals surface area (Å²) in [6.45, 7) is 1.95. The summed E-state index contributed by atoms with van der Waals surface area (Å²) in [7, 11) is 0. The Morgan fingerprint density at radius 1 is 0.871 bits per heavy atom. The molecule has 3 rings (SSSR count). The molecule has 0 aliphatic carbocycles. The lowest BCUT2D eigenvalue weighted by atomic mass is 10.1. The zero-order chi connectivity index (χ0) is 21.9. The van der Waals surface area contributed by atoms with Crippen molar-refractivity contribution >= 4 is 23.4 Å². The quantitative estimate of drug-likeness (QED) is 0.195. The van der Waals surface area contributed by atoms with Crippen molar-refractivity contribution in [2.24, 2.45) is 0 Å². The number of pyridine rings is 1. The van der Waals surface area contributed by atoms with Gasteiger partial charge in [-0.3, -0.25) is 9.78 Å². The van der Waals surface area contributed by atoms with E-state index in [9.17, 15) is 4.79 Å². The molecular formula is C25H30ClN3OS. The van der Waals surface area contributed by atoms with Gasteiger partial charge >= 0.3 is 0 Å². The normalized spacial score (nSPS) is 11.0. The third-order valence-electron chi connectivity index (χ3n) is 5.23. The molecule has 164 valence electrons. The van der Waals surface area contributed by atoms with Gasteiger partial charge < -0.3 is 4.98 Å². The molecule has 6 heteroatoms. The predicted molar refractivity (Wildman–Crippen MR) is 130 cm³/mol. The van der Waals surface area contributed by atoms with E-state index in [2.05, 4.69) is 27.1 Å². The van der Waals surface area contributed by atoms with E-state index in [1.807, 2.05) is 37.4 Å². The third-order valence-corrected chi connectivity index (χ3v) is 6.45. The lowest BCUT2D eigenvalue weighted by molar-refractivity contribution is 0.609. The van der Waals surface area contributed by atoms with E-state index < -0.39 is 0 Å². The number of halogens is 1. The highest BCUT2D eigenvalue weighted by Crippen LogP contribution is 2.16. The zero-order valence-corrected chi connectivity index (χ0v) is 19.6. The van der Waals surface area contributed by atoms with Crippen molar-refractivity contribution in [3.05, 3.63) is 86.6 Å². The molecule has 0 aliphatic heterocycles. The van der Waals surface area contributed by atoms with Crippen LogP contribution in [0.4, 0.5) is 0 Å². The number of aryl methyl sites for hydroxylation is 2. The molecule has 4 nitrogen and oxygen atoms in total. The molecule has 0 unspecified atom stereocenters. The summed E-state index contributed by atoms with van der Waals surface area (Å²) in [5, 5.41) is 1.51. The Balaban J connectivity index is 1.27. The summed E-state index contributed by atoms with van der Waals surface area (Å²) in [5.74, 6) is 0.981. The Kier molecular flexibility index (Phi) is 9.63. The lowest BCUT2D eigenvalue weighted by Gasteiger charge is -2.05. The van der Waals surface area contributed by atoms with Gasteiger partial charge in [0.15, 0.2) is 5.16 Å². The van der Waals surface area contributed by atoms with Crippen LogP contribution < -0.4 is 5.56 Å². The second kappa shape index (κ2) is 12.7. The predicted octanol–water partition coefficient (Wildman–Crippen LogP) is 6.39. The molecule has 0 bridgehead atoms. The number of aromatic amines is 1. The van der Waals surface area contributed by atoms with Crippen molar-refractivity contribution in [3.63, 3.8) is 0 Å². The minimum Gasteiger partial charge on any atom is -0.301 e. The molecule has 0 atom stereocenters. The first-order valence-corrected chi connectivity index (χ1v) is 12.3. The number of H-pyrrole nitrogens is 1. The van der Waals surface area contributed by atoms with Crippen molar-refractivity contribution in [1.29, 1.82) is 0 Å². The average Bonchev–Trinajstić information content (AvgIpc) is 2.77. The number of thioether (sulfide) groups is 1. The van der Waals surface area contributed by atoms with Gasteiger partial charge in [-0.15, -0.1) is 0 Å². The number of aromatic nitrogens is 3. The molecule has 0 amide bonds. The number of nitrogens with zero attached hydrogens (tertiary/aromatic N) is 2. The van der Waals surface area contributed by atoms with E-state index in [4.69, 9.17) is 11.6 Å². The molecule has 1 aromatic carbocycles. The van der Waals surface area contributed by atoms with Crippen LogP contribution in [0.3, 0.4) is 0 Å². The van der Waals surface area contributed by atoms with Crippen LogP contribution in [0, 0.1) is 6.92 Å². The fraction of sp³-hybridized carbons (Fsp3) is 0.400. The Bertz CT molecular complexity index is 987. The van der Waals surface area contributed by atoms with Crippen molar-refractivity contribution in [1.82, 2.24) is 15.0 Å². The highest BCUT2D eigenvalue weighted by molar-refractivity contribution is 7.99. The second-order valence-corrected chi connectivity index (χ2v) is 9.39. The van der Waals surface area contributed by atoms with Crippen molar-refractivity contribution in [2.75, 3.05) is 5.75 Å². The number of rotatable bonds is 12. The molecule has 0 fully saturated rings. The topological polar surface area (TPSA) is 58.6 Å². The third kappa shape index (κ3) is 8.50. The number of hydrogen-bond donors (Lipinski definition) is 1. The minimum absolute atomic E-state index is 0.0567. The van der Waals surface area contributed by atoms with Crippen LogP contribution in [-0.4, -0.2) is 20.7 Å². The van der Waals surface area contributed by atoms with Crippen LogP contribution in [0.5, 0.6) is 0 Å². The molecule has 0 spiro atoms. The molecule has 1 N–H and O–H groups in total. The Morgan fingerprint density at radius 3 is 2.29 bits per heavy atom. The summed E-state index contributed by atoms with van der Waals surface area (Å²) in [6, 6.07) is 12.1. The average molecular weight is 456 g/mol. The van der Waals surface area contributed by atoms with E-state index in [0.717, 1.165) is 34.9 Å². The molecule has 2 heterocycles. The SMILES string of the molecule is Cc1ccc(Cc2cnc(SCCCCCCCCc3ccc(Cl)cc3)[nH]c2=O)cn1. The monoisotopic (exact) mass is 455 g/mol. The van der Waals surface area contributed by atoms with Gasteiger partial charge in [-0.2, -0.15) is 0 Å². The van der Waals surface area contributed by atoms with Gasteiger partial charge in [0.05, 0.1) is 0 Å². The summed E-state index contributed by atoms with van der Waals surface area (Å²) >= 11 is 7.55. The van der Waals surface area contributed by atoms with Gasteiger partial charge in [0.2, 0.25) is 0 Å². The smallest absolute Gasteiger partial charge is 0.255 e. The van der Waals surface area contributed by atoms with Crippen LogP contribution in [0.25, 0.3) is 0 Å². The van der Waals surface area contributed by atoms with E-state index in [1.54, 1.807) is 18.0 Å². The summed E-state index contributed by atoms with van der Waals surface area (Å²) < 4.78 is 0. The molecule has 0 saturated heterocycles. The van der Waals surface area contributed by atoms with Crippen molar-refractivity contribution in [3.8, 4) is 0 Å². The maximum atomic E-state index is 12.3. The largest absolute Gasteiger partial charge is 0.301 e. The van der Waals surface area contributed by atoms with E-state index >= 15 is 0 Å². The first-order valence-electron chi connectivity index (χ1n) is 11.0. The molecule has 0 radical (unpaired) electrons. The summed E-state index contributed by atoms with van der Waals surface area (Å²) in [4.78, 5) is 23.9. The van der Waals surface area contributed by atoms with Crippen LogP contribution in [-0.2, 0) is 12.8 Å². The summed E-state index contributed by atoms with van der Waals surface area (Å²) in [6.07, 6.45) is 12.6. The fourth-order valence-electron chi connectivity index (χ4n) is 3.39. The molecule has 0 saturated carbocycles. The Morgan fingerprint density at radius 2 is 1.58 bits per heavy atom. The number of nitrogens with one attached hydrogen (secondary N) is 1. The number of hydrogen-bond acceptors (Lipinski definition) is 4. The fourth-order valence-corrected chi connectivity index (χ4v) is 4.35. The first-order chi connectivity index (χ1) is 15.1. The Hall–Kier alpha value is -2.11. The summed E-state index contributed by atoms with van der Waals surface area (Å²) in [5.41, 5.74) is 3.98. The van der Waals surface area contributed by atoms with E-state index in [-0.39, 0.29) is 5.56 Å². The van der Waals surface area contributed by atoms with E-state index in [1.165, 1.54) is 37.7 Å². The van der Waals surface area contributed by atoms with Gasteiger partial charge in [0.25, 0.3) is 5.56 Å². The van der Waals surface area contributed by atoms with Gasteiger partial charge in [-0.1, -0.05) is 67.2 Å². The minimum atomic E-state index is -0.0567. The van der Waals surface area contributed by atoms with Crippen molar-refractivity contribution in [2.45, 2.75) is 63.4 Å². The molecule has 0 aliphatic rings. The molecular weight excluding hydrogens is 426 g/mol. The van der Waals surface area contributed by atoms with Gasteiger partial charge in [-0.25, -0.2) is 4.98 Å². The lowest BCUT2D eigenvalue weighted by Crippen LogP contribution is -2.14. The molecule has 3 aromatic rings. The zero-order valence-electron chi connectivity index (χ0n) is 18.1. The molecule has 2 aromatic heterocycles. The highest BCUT2D eigenvalue weighted by Gasteiger charge is 2.05. The number of benzene rings is 1. The van der Waals surface area contributed by atoms with Crippen LogP contribution in [0.1, 0.15) is 60.9 Å². The highest BCUT2D eigenvalue weighted by atomic mass is 35.5. The molecule has 31 heavy (non-hydrogen) atoms. The van der Waals surface area contributed by atoms with Crippen molar-refractivity contribution < 1.29 is 0 Å². The standard InChI is InChI=1S/C25H30ClN3OS/c1-19-9-10-21(17-27-19)16-22-18-28-25(29-24(22)30)31-15-7-5-3-2-4-6-8-20-11-13-23(26)14-12-20/h9-14,17-18H,2-8,15-16H2,1H3,(H,28,29,30). The van der Waals surface area contributed by atoms with Crippen LogP contribution >= 0.6 is 23.4 Å². The second-order valence-electron chi connectivity index (χ2n) is 7.87. The van der Waals surface area contributed by atoms with Crippen LogP contribution in [0.15, 0.2) is 58.7 Å². The van der Waals surface area contributed by atoms with E-state index in [0.29, 0.717) is 17.1 Å².